The molecule has 0 spiro atoms. The Morgan fingerprint density at radius 2 is 1.27 bits per heavy atom. The lowest BCUT2D eigenvalue weighted by Crippen LogP contribution is -2.28. The van der Waals surface area contributed by atoms with Gasteiger partial charge in [-0.25, -0.2) is 4.98 Å². The minimum absolute atomic E-state index is 0.0569. The Balaban J connectivity index is 0.999. The van der Waals surface area contributed by atoms with E-state index in [0.29, 0.717) is 64.5 Å². The predicted octanol–water partition coefficient (Wildman–Crippen LogP) is 7.07. The van der Waals surface area contributed by atoms with Crippen molar-refractivity contribution in [2.45, 2.75) is 26.6 Å². The molecule has 6 N–H and O–H groups in total. The van der Waals surface area contributed by atoms with Crippen molar-refractivity contribution in [3.8, 4) is 0 Å². The molecular formula is C43H41ClN16O3. The molecule has 318 valence electrons. The molecule has 0 saturated carbocycles. The van der Waals surface area contributed by atoms with E-state index in [1.807, 2.05) is 37.4 Å². The minimum atomic E-state index is -0.336. The number of aryl methyl sites for hydroxylation is 1. The van der Waals surface area contributed by atoms with Gasteiger partial charge in [0.05, 0.1) is 36.9 Å². The second kappa shape index (κ2) is 19.7. The number of rotatable bonds is 18. The number of anilines is 10. The zero-order valence-corrected chi connectivity index (χ0v) is 34.8. The Labute approximate surface area is 366 Å². The molecule has 0 unspecified atom stereocenters. The maximum Gasteiger partial charge on any atom is 0.249 e. The van der Waals surface area contributed by atoms with Gasteiger partial charge >= 0.3 is 0 Å². The largest absolute Gasteiger partial charge is 0.340 e. The summed E-state index contributed by atoms with van der Waals surface area (Å²) in [4.78, 5) is 52.2. The summed E-state index contributed by atoms with van der Waals surface area (Å²) in [6.45, 7) is 9.50. The summed E-state index contributed by atoms with van der Waals surface area (Å²) < 4.78 is 3.42. The number of carbonyl (C=O) groups excluding carboxylic acids is 3. The van der Waals surface area contributed by atoms with Crippen LogP contribution in [-0.2, 0) is 41.1 Å². The number of nitrogens with one attached hydrogen (secondary N) is 6. The van der Waals surface area contributed by atoms with Crippen LogP contribution in [-0.4, -0.2) is 67.3 Å². The van der Waals surface area contributed by atoms with Gasteiger partial charge in [0.25, 0.3) is 0 Å². The smallest absolute Gasteiger partial charge is 0.249 e. The highest BCUT2D eigenvalue weighted by Gasteiger charge is 2.17. The van der Waals surface area contributed by atoms with Crippen LogP contribution in [0.15, 0.2) is 129 Å². The number of carbonyl (C=O) groups is 3. The van der Waals surface area contributed by atoms with Crippen LogP contribution in [0.25, 0.3) is 0 Å². The Kier molecular flexibility index (Phi) is 13.4. The minimum Gasteiger partial charge on any atom is -0.340 e. The molecule has 0 bridgehead atoms. The van der Waals surface area contributed by atoms with E-state index in [2.05, 4.69) is 75.4 Å². The third kappa shape index (κ3) is 11.9. The predicted molar refractivity (Wildman–Crippen MR) is 241 cm³/mol. The number of amides is 3. The molecule has 7 aromatic rings. The lowest BCUT2D eigenvalue weighted by atomic mass is 10.1. The highest BCUT2D eigenvalue weighted by atomic mass is 35.5. The van der Waals surface area contributed by atoms with Crippen LogP contribution in [0, 0.1) is 0 Å². The molecule has 7 rings (SSSR count). The Hall–Kier alpha value is -8.45. The number of aromatic nitrogens is 9. The molecule has 4 heterocycles. The van der Waals surface area contributed by atoms with E-state index in [-0.39, 0.29) is 41.2 Å². The van der Waals surface area contributed by atoms with Gasteiger partial charge in [-0.3, -0.25) is 23.7 Å². The maximum atomic E-state index is 13.1. The quantitative estimate of drug-likeness (QED) is 0.0475. The van der Waals surface area contributed by atoms with E-state index in [9.17, 15) is 14.4 Å². The van der Waals surface area contributed by atoms with E-state index < -0.39 is 0 Å². The molecule has 19 nitrogen and oxygen atoms in total. The van der Waals surface area contributed by atoms with Crippen molar-refractivity contribution in [2.24, 2.45) is 7.05 Å². The summed E-state index contributed by atoms with van der Waals surface area (Å²) in [5.74, 6) is 0.423. The van der Waals surface area contributed by atoms with E-state index in [1.165, 1.54) is 19.1 Å². The molecule has 0 radical (unpaired) electrons. The van der Waals surface area contributed by atoms with E-state index >= 15 is 0 Å². The molecular weight excluding hydrogens is 824 g/mol. The SMILES string of the molecule is C=CC(=O)Nc1cccc(Nc2nc(Nc3cnn(C)c3)ncc2CN(Cc2ccc(Cn3cc(Nc4nnc(Cl)c(Nc5cccc(NC(=O)C=C)c5)n4)cn3)cc2)C(C)=O)c1. The van der Waals surface area contributed by atoms with Crippen molar-refractivity contribution in [3.63, 3.8) is 0 Å². The average molecular weight is 865 g/mol. The van der Waals surface area contributed by atoms with E-state index in [0.717, 1.165) is 11.1 Å². The molecule has 20 heteroatoms. The van der Waals surface area contributed by atoms with Gasteiger partial charge in [-0.05, 0) is 59.7 Å². The molecule has 0 saturated heterocycles. The summed E-state index contributed by atoms with van der Waals surface area (Å²) in [5.41, 5.74) is 6.29. The zero-order chi connectivity index (χ0) is 44.3. The number of hydrogen-bond donors (Lipinski definition) is 6. The van der Waals surface area contributed by atoms with Gasteiger partial charge in [-0.1, -0.05) is 61.2 Å². The molecule has 0 atom stereocenters. The second-order valence-electron chi connectivity index (χ2n) is 13.9. The van der Waals surface area contributed by atoms with Gasteiger partial charge in [-0.2, -0.15) is 20.2 Å². The topological polar surface area (TPSA) is 227 Å². The van der Waals surface area contributed by atoms with Crippen molar-refractivity contribution in [3.05, 3.63) is 151 Å². The van der Waals surface area contributed by atoms with Gasteiger partial charge in [0, 0.05) is 67.4 Å². The first-order valence-corrected chi connectivity index (χ1v) is 19.6. The fourth-order valence-corrected chi connectivity index (χ4v) is 6.17. The van der Waals surface area contributed by atoms with Gasteiger partial charge in [-0.15, -0.1) is 10.2 Å². The summed E-state index contributed by atoms with van der Waals surface area (Å²) in [6, 6.07) is 22.1. The highest BCUT2D eigenvalue weighted by molar-refractivity contribution is 6.31. The van der Waals surface area contributed by atoms with Crippen molar-refractivity contribution < 1.29 is 14.4 Å². The molecule has 0 aliphatic carbocycles. The van der Waals surface area contributed by atoms with Crippen LogP contribution in [0.2, 0.25) is 5.15 Å². The van der Waals surface area contributed by atoms with Crippen molar-refractivity contribution >= 4 is 87.0 Å². The first-order valence-electron chi connectivity index (χ1n) is 19.2. The summed E-state index contributed by atoms with van der Waals surface area (Å²) in [6.07, 6.45) is 11.0. The van der Waals surface area contributed by atoms with E-state index in [1.54, 1.807) is 87.7 Å². The third-order valence-electron chi connectivity index (χ3n) is 9.06. The fraction of sp³-hybridized carbons (Fsp3) is 0.116. The lowest BCUT2D eigenvalue weighted by molar-refractivity contribution is -0.130. The van der Waals surface area contributed by atoms with Crippen LogP contribution in [0.1, 0.15) is 23.6 Å². The van der Waals surface area contributed by atoms with Crippen LogP contribution in [0.3, 0.4) is 0 Å². The highest BCUT2D eigenvalue weighted by Crippen LogP contribution is 2.27. The van der Waals surface area contributed by atoms with Gasteiger partial charge in [0.15, 0.2) is 11.0 Å². The zero-order valence-electron chi connectivity index (χ0n) is 34.1. The number of nitrogens with zero attached hydrogens (tertiary/aromatic N) is 10. The Morgan fingerprint density at radius 3 is 1.90 bits per heavy atom. The average Bonchev–Trinajstić information content (AvgIpc) is 3.90. The van der Waals surface area contributed by atoms with Crippen molar-refractivity contribution in [1.29, 1.82) is 0 Å². The van der Waals surface area contributed by atoms with Crippen LogP contribution in [0.4, 0.5) is 57.7 Å². The van der Waals surface area contributed by atoms with Crippen molar-refractivity contribution in [1.82, 2.24) is 49.6 Å². The van der Waals surface area contributed by atoms with Crippen LogP contribution >= 0.6 is 11.6 Å². The third-order valence-corrected chi connectivity index (χ3v) is 9.32. The Morgan fingerprint density at radius 1 is 0.683 bits per heavy atom. The van der Waals surface area contributed by atoms with Crippen LogP contribution < -0.4 is 31.9 Å². The molecule has 0 fully saturated rings. The second-order valence-corrected chi connectivity index (χ2v) is 14.3. The number of hydrogen-bond acceptors (Lipinski definition) is 14. The standard InChI is InChI=1S/C43H41ClN16O3/c1-5-37(62)48-31-9-7-11-33(17-31)50-40-30(19-45-42(54-40)52-35-20-46-58(4)25-35)24-59(27(3)61)22-28-13-15-29(16-14-28)23-60-26-36(21-47-60)53-43-55-41(39(44)56-57-43)51-34-12-8-10-32(18-34)49-38(63)6-2/h5-21,25-26H,1-2,22-24H2,3-4H3,(H,48,62)(H,49,63)(H2,45,50,52,54)(H2,51,53,55,57). The van der Waals surface area contributed by atoms with Gasteiger partial charge in [0.2, 0.25) is 29.6 Å². The molecule has 0 aliphatic rings. The lowest BCUT2D eigenvalue weighted by Gasteiger charge is -2.23. The first-order chi connectivity index (χ1) is 30.5. The normalized spacial score (nSPS) is 10.7. The summed E-state index contributed by atoms with van der Waals surface area (Å²) in [7, 11) is 1.81. The van der Waals surface area contributed by atoms with Crippen molar-refractivity contribution in [2.75, 3.05) is 31.9 Å². The summed E-state index contributed by atoms with van der Waals surface area (Å²) in [5, 5.41) is 35.0. The molecule has 4 aromatic heterocycles. The number of halogens is 1. The fourth-order valence-electron chi connectivity index (χ4n) is 6.05. The molecule has 63 heavy (non-hydrogen) atoms. The van der Waals surface area contributed by atoms with Gasteiger partial charge in [0.1, 0.15) is 5.82 Å². The summed E-state index contributed by atoms with van der Waals surface area (Å²) >= 11 is 6.29. The maximum absolute atomic E-state index is 13.1. The Bertz CT molecular complexity index is 2790. The monoisotopic (exact) mass is 864 g/mol. The van der Waals surface area contributed by atoms with Crippen LogP contribution in [0.5, 0.6) is 0 Å². The first kappa shape index (κ1) is 42.7. The molecule has 3 aromatic carbocycles. The van der Waals surface area contributed by atoms with E-state index in [4.69, 9.17) is 16.6 Å². The van der Waals surface area contributed by atoms with Gasteiger partial charge < -0.3 is 36.8 Å². The molecule has 0 aliphatic heterocycles. The molecule has 3 amide bonds. The number of benzene rings is 3.